The number of nitrogens with two attached hydrogens (primary N) is 1. The lowest BCUT2D eigenvalue weighted by molar-refractivity contribution is 0.0967. The van der Waals surface area contributed by atoms with Crippen molar-refractivity contribution < 1.29 is 4.74 Å². The van der Waals surface area contributed by atoms with Crippen LogP contribution in [-0.4, -0.2) is 43.8 Å². The number of ether oxygens (including phenoxy) is 1. The van der Waals surface area contributed by atoms with E-state index in [0.29, 0.717) is 18.6 Å². The van der Waals surface area contributed by atoms with Crippen LogP contribution in [0.1, 0.15) is 27.2 Å². The molecule has 0 fully saturated rings. The minimum Gasteiger partial charge on any atom is -0.383 e. The average Bonchev–Trinajstić information content (AvgIpc) is 2.17. The Morgan fingerprint density at radius 3 is 2.31 bits per heavy atom. The van der Waals surface area contributed by atoms with Gasteiger partial charge in [-0.3, -0.25) is 4.90 Å². The fraction of sp³-hybridized carbons (Fsp3) is 1.00. The van der Waals surface area contributed by atoms with Crippen LogP contribution in [0.5, 0.6) is 0 Å². The highest BCUT2D eigenvalue weighted by Gasteiger charge is 2.16. The van der Waals surface area contributed by atoms with Gasteiger partial charge in [0.2, 0.25) is 0 Å². The fourth-order valence-electron chi connectivity index (χ4n) is 1.44. The number of hydrogen-bond acceptors (Lipinski definition) is 3. The third-order valence-corrected chi connectivity index (χ3v) is 2.62. The summed E-state index contributed by atoms with van der Waals surface area (Å²) in [5.41, 5.74) is 5.65. The second-order valence-corrected chi connectivity index (χ2v) is 3.57. The van der Waals surface area contributed by atoms with Gasteiger partial charge >= 0.3 is 0 Å². The van der Waals surface area contributed by atoms with Crippen molar-refractivity contribution in [3.05, 3.63) is 0 Å². The first-order valence-electron chi connectivity index (χ1n) is 5.12. The van der Waals surface area contributed by atoms with Crippen molar-refractivity contribution in [2.45, 2.75) is 39.3 Å². The van der Waals surface area contributed by atoms with Crippen molar-refractivity contribution in [3.63, 3.8) is 0 Å². The lowest BCUT2D eigenvalue weighted by atomic mass is 10.1. The van der Waals surface area contributed by atoms with Gasteiger partial charge in [0.1, 0.15) is 0 Å². The second kappa shape index (κ2) is 7.30. The van der Waals surface area contributed by atoms with E-state index in [4.69, 9.17) is 10.5 Å². The molecule has 0 aliphatic rings. The molecular formula is C10H24N2O. The summed E-state index contributed by atoms with van der Waals surface area (Å²) in [5.74, 6) is 0. The minimum atomic E-state index is 0.449. The molecule has 0 bridgehead atoms. The minimum absolute atomic E-state index is 0.449. The molecule has 2 N–H and O–H groups in total. The Bertz CT molecular complexity index is 109. The van der Waals surface area contributed by atoms with Crippen molar-refractivity contribution in [2.24, 2.45) is 5.73 Å². The molecule has 0 aromatic carbocycles. The van der Waals surface area contributed by atoms with Gasteiger partial charge in [-0.25, -0.2) is 0 Å². The molecule has 3 heteroatoms. The van der Waals surface area contributed by atoms with E-state index in [2.05, 4.69) is 25.7 Å². The van der Waals surface area contributed by atoms with E-state index in [1.807, 2.05) is 0 Å². The summed E-state index contributed by atoms with van der Waals surface area (Å²) >= 11 is 0. The lowest BCUT2D eigenvalue weighted by Crippen LogP contribution is -2.45. The van der Waals surface area contributed by atoms with Gasteiger partial charge in [-0.15, -0.1) is 0 Å². The molecule has 80 valence electrons. The zero-order valence-electron chi connectivity index (χ0n) is 9.42. The molecule has 0 aromatic rings. The predicted molar refractivity (Wildman–Crippen MR) is 56.9 cm³/mol. The quantitative estimate of drug-likeness (QED) is 0.650. The highest BCUT2D eigenvalue weighted by atomic mass is 16.5. The van der Waals surface area contributed by atoms with Gasteiger partial charge in [0.25, 0.3) is 0 Å². The van der Waals surface area contributed by atoms with Crippen molar-refractivity contribution in [2.75, 3.05) is 26.8 Å². The third kappa shape index (κ3) is 4.60. The molecule has 3 nitrogen and oxygen atoms in total. The summed E-state index contributed by atoms with van der Waals surface area (Å²) in [5, 5.41) is 0. The molecule has 2 atom stereocenters. The Balaban J connectivity index is 4.01. The normalized spacial score (nSPS) is 16.2. The van der Waals surface area contributed by atoms with Crippen LogP contribution in [0, 0.1) is 0 Å². The predicted octanol–water partition coefficient (Wildman–Crippen LogP) is 1.08. The first-order valence-corrected chi connectivity index (χ1v) is 5.12. The SMILES string of the molecule is CCC(C)N(CCOC)C(C)CN. The first-order chi connectivity index (χ1) is 6.17. The Labute approximate surface area is 82.2 Å². The van der Waals surface area contributed by atoms with E-state index in [-0.39, 0.29) is 0 Å². The standard InChI is InChI=1S/C10H24N2O/c1-5-9(2)12(6-7-13-4)10(3)8-11/h9-10H,5-8,11H2,1-4H3. The van der Waals surface area contributed by atoms with Crippen LogP contribution in [0.25, 0.3) is 0 Å². The lowest BCUT2D eigenvalue weighted by Gasteiger charge is -2.33. The number of methoxy groups -OCH3 is 1. The molecular weight excluding hydrogens is 164 g/mol. The monoisotopic (exact) mass is 188 g/mol. The van der Waals surface area contributed by atoms with Crippen molar-refractivity contribution >= 4 is 0 Å². The van der Waals surface area contributed by atoms with Crippen molar-refractivity contribution in [3.8, 4) is 0 Å². The van der Waals surface area contributed by atoms with Crippen LogP contribution in [0.3, 0.4) is 0 Å². The second-order valence-electron chi connectivity index (χ2n) is 3.57. The van der Waals surface area contributed by atoms with Gasteiger partial charge in [0.15, 0.2) is 0 Å². The van der Waals surface area contributed by atoms with E-state index < -0.39 is 0 Å². The topological polar surface area (TPSA) is 38.5 Å². The molecule has 0 aliphatic heterocycles. The van der Waals surface area contributed by atoms with Gasteiger partial charge < -0.3 is 10.5 Å². The summed E-state index contributed by atoms with van der Waals surface area (Å²) in [4.78, 5) is 2.41. The van der Waals surface area contributed by atoms with Crippen molar-refractivity contribution in [1.82, 2.24) is 4.90 Å². The van der Waals surface area contributed by atoms with Gasteiger partial charge in [-0.2, -0.15) is 0 Å². The molecule has 0 radical (unpaired) electrons. The molecule has 0 amide bonds. The summed E-state index contributed by atoms with van der Waals surface area (Å²) in [6.07, 6.45) is 1.16. The Hall–Kier alpha value is -0.120. The van der Waals surface area contributed by atoms with E-state index in [1.54, 1.807) is 7.11 Å². The molecule has 0 aliphatic carbocycles. The molecule has 13 heavy (non-hydrogen) atoms. The molecule has 0 saturated carbocycles. The summed E-state index contributed by atoms with van der Waals surface area (Å²) in [7, 11) is 1.74. The average molecular weight is 188 g/mol. The Morgan fingerprint density at radius 2 is 1.92 bits per heavy atom. The fourth-order valence-corrected chi connectivity index (χ4v) is 1.44. The van der Waals surface area contributed by atoms with Gasteiger partial charge in [-0.1, -0.05) is 6.92 Å². The molecule has 2 unspecified atom stereocenters. The van der Waals surface area contributed by atoms with Crippen LogP contribution in [0.2, 0.25) is 0 Å². The van der Waals surface area contributed by atoms with Crippen LogP contribution in [0.4, 0.5) is 0 Å². The van der Waals surface area contributed by atoms with E-state index in [0.717, 1.165) is 19.6 Å². The number of nitrogens with zero attached hydrogens (tertiary/aromatic N) is 1. The van der Waals surface area contributed by atoms with E-state index in [9.17, 15) is 0 Å². The van der Waals surface area contributed by atoms with Crippen LogP contribution in [-0.2, 0) is 4.74 Å². The van der Waals surface area contributed by atoms with Gasteiger partial charge in [-0.05, 0) is 20.3 Å². The zero-order chi connectivity index (χ0) is 10.3. The van der Waals surface area contributed by atoms with Crippen LogP contribution >= 0.6 is 0 Å². The third-order valence-electron chi connectivity index (χ3n) is 2.62. The van der Waals surface area contributed by atoms with E-state index in [1.165, 1.54) is 0 Å². The zero-order valence-corrected chi connectivity index (χ0v) is 9.42. The molecule has 0 heterocycles. The highest BCUT2D eigenvalue weighted by Crippen LogP contribution is 2.07. The molecule has 0 saturated heterocycles. The highest BCUT2D eigenvalue weighted by molar-refractivity contribution is 4.73. The summed E-state index contributed by atoms with van der Waals surface area (Å²) in [6.45, 7) is 9.09. The Kier molecular flexibility index (Phi) is 7.23. The largest absolute Gasteiger partial charge is 0.383 e. The molecule has 0 rings (SSSR count). The maximum absolute atomic E-state index is 5.65. The van der Waals surface area contributed by atoms with Crippen LogP contribution in [0.15, 0.2) is 0 Å². The van der Waals surface area contributed by atoms with Gasteiger partial charge in [0, 0.05) is 32.3 Å². The summed E-state index contributed by atoms with van der Waals surface area (Å²) < 4.78 is 5.08. The first kappa shape index (κ1) is 12.9. The maximum atomic E-state index is 5.65. The smallest absolute Gasteiger partial charge is 0.0589 e. The van der Waals surface area contributed by atoms with Crippen LogP contribution < -0.4 is 5.73 Å². The molecule has 0 aromatic heterocycles. The molecule has 0 spiro atoms. The van der Waals surface area contributed by atoms with E-state index >= 15 is 0 Å². The van der Waals surface area contributed by atoms with Crippen molar-refractivity contribution in [1.29, 1.82) is 0 Å². The Morgan fingerprint density at radius 1 is 1.31 bits per heavy atom. The summed E-state index contributed by atoms with van der Waals surface area (Å²) in [6, 6.07) is 1.04. The maximum Gasteiger partial charge on any atom is 0.0589 e. The van der Waals surface area contributed by atoms with Gasteiger partial charge in [0.05, 0.1) is 6.61 Å². The number of rotatable bonds is 7. The number of hydrogen-bond donors (Lipinski definition) is 1.